The molecule has 2 atom stereocenters. The number of carbonyl (C=O) groups excluding carboxylic acids is 1. The van der Waals surface area contributed by atoms with E-state index < -0.39 is 5.97 Å². The molecular weight excluding hydrogens is 450 g/mol. The summed E-state index contributed by atoms with van der Waals surface area (Å²) in [5.74, 6) is -0.990. The number of anilines is 1. The van der Waals surface area contributed by atoms with Crippen molar-refractivity contribution in [2.24, 2.45) is 0 Å². The van der Waals surface area contributed by atoms with Crippen LogP contribution in [0.5, 0.6) is 0 Å². The van der Waals surface area contributed by atoms with E-state index in [0.29, 0.717) is 41.4 Å². The Labute approximate surface area is 174 Å². The zero-order chi connectivity index (χ0) is 20.4. The molecule has 3 heterocycles. The number of imidazole rings is 1. The highest BCUT2D eigenvalue weighted by Crippen LogP contribution is 2.29. The molecule has 28 heavy (non-hydrogen) atoms. The van der Waals surface area contributed by atoms with Crippen LogP contribution in [0.25, 0.3) is 0 Å². The molecule has 3 rings (SSSR count). The van der Waals surface area contributed by atoms with Crippen LogP contribution in [0.3, 0.4) is 0 Å². The fraction of sp³-hybridized carbons (Fsp3) is 0.529. The van der Waals surface area contributed by atoms with Crippen molar-refractivity contribution in [2.45, 2.75) is 38.8 Å². The summed E-state index contributed by atoms with van der Waals surface area (Å²) in [4.78, 5) is 37.8. The summed E-state index contributed by atoms with van der Waals surface area (Å²) in [6, 6.07) is -0.178. The fourth-order valence-electron chi connectivity index (χ4n) is 3.16. The maximum Gasteiger partial charge on any atom is 0.347 e. The molecule has 0 bridgehead atoms. The molecule has 3 N–H and O–H groups in total. The van der Waals surface area contributed by atoms with Crippen LogP contribution in [0, 0.1) is 6.92 Å². The van der Waals surface area contributed by atoms with Crippen molar-refractivity contribution < 1.29 is 19.4 Å². The minimum Gasteiger partial charge on any atom is -0.477 e. The molecule has 0 aromatic carbocycles. The van der Waals surface area contributed by atoms with E-state index in [4.69, 9.17) is 4.74 Å². The minimum absolute atomic E-state index is 0.178. The maximum absolute atomic E-state index is 12.5. The van der Waals surface area contributed by atoms with Gasteiger partial charge in [-0.1, -0.05) is 18.3 Å². The van der Waals surface area contributed by atoms with Crippen molar-refractivity contribution >= 4 is 44.3 Å². The lowest BCUT2D eigenvalue weighted by Gasteiger charge is -2.37. The number of carbonyl (C=O) groups is 2. The molecule has 2 aromatic heterocycles. The van der Waals surface area contributed by atoms with Crippen molar-refractivity contribution in [3.63, 3.8) is 0 Å². The van der Waals surface area contributed by atoms with Gasteiger partial charge in [0.25, 0.3) is 5.91 Å². The van der Waals surface area contributed by atoms with Crippen LogP contribution < -0.4 is 10.2 Å². The number of thiazole rings is 1. The van der Waals surface area contributed by atoms with Gasteiger partial charge < -0.3 is 25.0 Å². The first-order valence-electron chi connectivity index (χ1n) is 8.87. The Balaban J connectivity index is 1.70. The summed E-state index contributed by atoms with van der Waals surface area (Å²) in [6.07, 6.45) is 0.963. The highest BCUT2D eigenvalue weighted by atomic mass is 79.9. The van der Waals surface area contributed by atoms with Crippen molar-refractivity contribution in [3.05, 3.63) is 26.7 Å². The average molecular weight is 472 g/mol. The summed E-state index contributed by atoms with van der Waals surface area (Å²) in [6.45, 7) is 4.87. The third-order valence-electron chi connectivity index (χ3n) is 4.70. The Morgan fingerprint density at radius 3 is 2.75 bits per heavy atom. The second-order valence-corrected chi connectivity index (χ2v) is 8.25. The van der Waals surface area contributed by atoms with Gasteiger partial charge in [-0.3, -0.25) is 4.79 Å². The van der Waals surface area contributed by atoms with Gasteiger partial charge in [0.1, 0.15) is 9.48 Å². The zero-order valence-corrected chi connectivity index (χ0v) is 18.2. The molecule has 9 nitrogen and oxygen atoms in total. The standard InChI is InChI=1S/C17H22BrN5O4S/c1-4-9-12(16(25)26)28-17(21-9)23-6-5-10(11(7-23)27-3)20-15(24)14-19-8(2)13(18)22-14/h10-11H,4-7H2,1-3H3,(H,19,22)(H,20,24)(H,25,26). The number of piperidine rings is 1. The number of halogens is 1. The van der Waals surface area contributed by atoms with Gasteiger partial charge in [0.05, 0.1) is 17.8 Å². The van der Waals surface area contributed by atoms with E-state index in [1.165, 1.54) is 11.3 Å². The Morgan fingerprint density at radius 1 is 1.46 bits per heavy atom. The van der Waals surface area contributed by atoms with E-state index in [0.717, 1.165) is 5.69 Å². The molecule has 1 amide bonds. The average Bonchev–Trinajstić information content (AvgIpc) is 3.26. The van der Waals surface area contributed by atoms with Crippen LogP contribution >= 0.6 is 27.3 Å². The van der Waals surface area contributed by atoms with Crippen LogP contribution in [0.4, 0.5) is 5.13 Å². The van der Waals surface area contributed by atoms with Crippen molar-refractivity contribution in [1.29, 1.82) is 0 Å². The second kappa shape index (κ2) is 8.58. The Bertz CT molecular complexity index is 864. The number of nitrogens with zero attached hydrogens (tertiary/aromatic N) is 3. The highest BCUT2D eigenvalue weighted by Gasteiger charge is 2.33. The van der Waals surface area contributed by atoms with Crippen molar-refractivity contribution in [1.82, 2.24) is 20.3 Å². The third-order valence-corrected chi connectivity index (χ3v) is 6.62. The molecule has 1 aliphatic heterocycles. The second-order valence-electron chi connectivity index (χ2n) is 6.52. The SMILES string of the molecule is CCc1nc(N2CCC(NC(=O)c3nc(Br)c(C)[nH]3)C(OC)C2)sc1C(=O)O. The largest absolute Gasteiger partial charge is 0.477 e. The molecule has 0 aliphatic carbocycles. The number of hydrogen-bond donors (Lipinski definition) is 3. The minimum atomic E-state index is -0.953. The lowest BCUT2D eigenvalue weighted by molar-refractivity contribution is 0.0538. The van der Waals surface area contributed by atoms with Gasteiger partial charge in [0, 0.05) is 25.9 Å². The molecule has 2 unspecified atom stereocenters. The summed E-state index contributed by atoms with van der Waals surface area (Å²) in [5.41, 5.74) is 1.38. The van der Waals surface area contributed by atoms with Crippen LogP contribution in [-0.2, 0) is 11.2 Å². The summed E-state index contributed by atoms with van der Waals surface area (Å²) < 4.78 is 6.21. The predicted octanol–water partition coefficient (Wildman–Crippen LogP) is 2.22. The normalized spacial score (nSPS) is 19.6. The van der Waals surface area contributed by atoms with Gasteiger partial charge in [-0.05, 0) is 35.7 Å². The number of aromatic nitrogens is 3. The monoisotopic (exact) mass is 471 g/mol. The van der Waals surface area contributed by atoms with E-state index in [2.05, 4.69) is 36.2 Å². The number of hydrogen-bond acceptors (Lipinski definition) is 7. The molecule has 152 valence electrons. The first-order chi connectivity index (χ1) is 13.3. The number of methoxy groups -OCH3 is 1. The molecule has 1 aliphatic rings. The van der Waals surface area contributed by atoms with Crippen molar-refractivity contribution in [3.8, 4) is 0 Å². The van der Waals surface area contributed by atoms with E-state index in [1.807, 2.05) is 18.7 Å². The quantitative estimate of drug-likeness (QED) is 0.590. The predicted molar refractivity (Wildman–Crippen MR) is 108 cm³/mol. The number of amides is 1. The smallest absolute Gasteiger partial charge is 0.347 e. The highest BCUT2D eigenvalue weighted by molar-refractivity contribution is 9.10. The van der Waals surface area contributed by atoms with Gasteiger partial charge in [0.15, 0.2) is 11.0 Å². The van der Waals surface area contributed by atoms with Crippen LogP contribution in [-0.4, -0.2) is 64.3 Å². The Morgan fingerprint density at radius 2 is 2.21 bits per heavy atom. The molecule has 0 radical (unpaired) electrons. The lowest BCUT2D eigenvalue weighted by atomic mass is 10.0. The first kappa shape index (κ1) is 20.7. The van der Waals surface area contributed by atoms with Crippen LogP contribution in [0.2, 0.25) is 0 Å². The fourth-order valence-corrected chi connectivity index (χ4v) is 4.46. The van der Waals surface area contributed by atoms with Crippen molar-refractivity contribution in [2.75, 3.05) is 25.1 Å². The van der Waals surface area contributed by atoms with E-state index in [-0.39, 0.29) is 28.8 Å². The lowest BCUT2D eigenvalue weighted by Crippen LogP contribution is -2.55. The van der Waals surface area contributed by atoms with Gasteiger partial charge in [-0.25, -0.2) is 14.8 Å². The molecule has 1 saturated heterocycles. The molecule has 2 aromatic rings. The van der Waals surface area contributed by atoms with E-state index in [9.17, 15) is 14.7 Å². The number of aryl methyl sites for hydroxylation is 2. The van der Waals surface area contributed by atoms with Gasteiger partial charge in [-0.15, -0.1) is 0 Å². The Hall–Kier alpha value is -1.98. The van der Waals surface area contributed by atoms with Crippen LogP contribution in [0.15, 0.2) is 4.60 Å². The molecule has 11 heteroatoms. The number of rotatable bonds is 6. The van der Waals surface area contributed by atoms with E-state index >= 15 is 0 Å². The van der Waals surface area contributed by atoms with Gasteiger partial charge in [-0.2, -0.15) is 0 Å². The zero-order valence-electron chi connectivity index (χ0n) is 15.8. The van der Waals surface area contributed by atoms with Gasteiger partial charge in [0.2, 0.25) is 0 Å². The molecule has 0 saturated carbocycles. The number of carboxylic acids is 1. The summed E-state index contributed by atoms with van der Waals surface area (Å²) in [7, 11) is 1.60. The molecule has 1 fully saturated rings. The van der Waals surface area contributed by atoms with Crippen LogP contribution in [0.1, 0.15) is 45.0 Å². The maximum atomic E-state index is 12.5. The first-order valence-corrected chi connectivity index (χ1v) is 10.5. The van der Waals surface area contributed by atoms with E-state index in [1.54, 1.807) is 7.11 Å². The number of aromatic carboxylic acids is 1. The summed E-state index contributed by atoms with van der Waals surface area (Å²) >= 11 is 4.47. The number of aromatic amines is 1. The molecule has 0 spiro atoms. The Kier molecular flexibility index (Phi) is 6.36. The number of ether oxygens (including phenoxy) is 1. The number of carboxylic acid groups (broad SMARTS) is 1. The number of H-pyrrole nitrogens is 1. The van der Waals surface area contributed by atoms with Gasteiger partial charge >= 0.3 is 5.97 Å². The third kappa shape index (κ3) is 4.20. The molecular formula is C17H22BrN5O4S. The topological polar surface area (TPSA) is 120 Å². The number of nitrogens with one attached hydrogen (secondary N) is 2. The summed E-state index contributed by atoms with van der Waals surface area (Å²) in [5, 5.41) is 13.0.